The molecular formula is C7H8N4O4S3. The summed E-state index contributed by atoms with van der Waals surface area (Å²) < 4.78 is 31.0. The third kappa shape index (κ3) is 3.26. The highest BCUT2D eigenvalue weighted by molar-refractivity contribution is 8.18. The van der Waals surface area contributed by atoms with Gasteiger partial charge in [-0.05, 0) is 11.4 Å². The molecule has 0 radical (unpaired) electrons. The van der Waals surface area contributed by atoms with E-state index in [9.17, 15) is 13.2 Å². The van der Waals surface area contributed by atoms with Gasteiger partial charge in [0.2, 0.25) is 0 Å². The summed E-state index contributed by atoms with van der Waals surface area (Å²) in [7, 11) is -4.42. The van der Waals surface area contributed by atoms with Crippen LogP contribution < -0.4 is 4.13 Å². The number of hydrogen-bond donors (Lipinski definition) is 2. The molecule has 0 saturated carbocycles. The van der Waals surface area contributed by atoms with Crippen LogP contribution in [0.4, 0.5) is 4.79 Å². The van der Waals surface area contributed by atoms with Gasteiger partial charge in [-0.2, -0.15) is 18.5 Å². The first-order valence-electron chi connectivity index (χ1n) is 4.62. The van der Waals surface area contributed by atoms with Crippen molar-refractivity contribution in [3.8, 4) is 0 Å². The van der Waals surface area contributed by atoms with E-state index >= 15 is 0 Å². The van der Waals surface area contributed by atoms with E-state index in [2.05, 4.69) is 10.3 Å². The molecule has 2 N–H and O–H groups in total. The molecule has 11 heteroatoms. The highest BCUT2D eigenvalue weighted by Crippen LogP contribution is 2.31. The van der Waals surface area contributed by atoms with Crippen LogP contribution in [0.25, 0.3) is 0 Å². The van der Waals surface area contributed by atoms with Crippen LogP contribution in [0.5, 0.6) is 0 Å². The van der Waals surface area contributed by atoms with Crippen molar-refractivity contribution in [2.75, 3.05) is 6.54 Å². The first kappa shape index (κ1) is 13.4. The van der Waals surface area contributed by atoms with Crippen LogP contribution in [0.3, 0.4) is 0 Å². The van der Waals surface area contributed by atoms with E-state index in [4.69, 9.17) is 4.55 Å². The van der Waals surface area contributed by atoms with Crippen molar-refractivity contribution < 1.29 is 17.8 Å². The smallest absolute Gasteiger partial charge is 0.273 e. The van der Waals surface area contributed by atoms with E-state index in [1.165, 1.54) is 11.3 Å². The van der Waals surface area contributed by atoms with Crippen molar-refractivity contribution in [3.05, 3.63) is 22.4 Å². The highest BCUT2D eigenvalue weighted by Gasteiger charge is 2.31. The lowest BCUT2D eigenvalue weighted by Gasteiger charge is -2.17. The number of carbonyl (C=O) groups excluding carboxylic acids is 1. The average molecular weight is 308 g/mol. The lowest BCUT2D eigenvalue weighted by atomic mass is 10.2. The third-order valence-electron chi connectivity index (χ3n) is 2.00. The molecule has 0 saturated heterocycles. The summed E-state index contributed by atoms with van der Waals surface area (Å²) in [5, 5.41) is 9.68. The Morgan fingerprint density at radius 3 is 3.06 bits per heavy atom. The Kier molecular flexibility index (Phi) is 3.97. The van der Waals surface area contributed by atoms with Gasteiger partial charge in [0.25, 0.3) is 0 Å². The Bertz CT molecular complexity index is 555. The molecule has 1 aromatic heterocycles. The van der Waals surface area contributed by atoms with Gasteiger partial charge in [-0.25, -0.2) is 0 Å². The summed E-state index contributed by atoms with van der Waals surface area (Å²) in [6.45, 7) is 0.332. The first-order valence-corrected chi connectivity index (χ1v) is 7.76. The van der Waals surface area contributed by atoms with Crippen molar-refractivity contribution in [1.82, 2.24) is 9.14 Å². The summed E-state index contributed by atoms with van der Waals surface area (Å²) in [6, 6.07) is 3.35. The predicted molar refractivity (Wildman–Crippen MR) is 66.3 cm³/mol. The summed E-state index contributed by atoms with van der Waals surface area (Å²) in [4.78, 5) is 12.6. The Hall–Kier alpha value is -1.01. The maximum absolute atomic E-state index is 11.7. The molecule has 1 aliphatic heterocycles. The van der Waals surface area contributed by atoms with Crippen LogP contribution in [-0.2, 0) is 10.3 Å². The monoisotopic (exact) mass is 308 g/mol. The van der Waals surface area contributed by atoms with Gasteiger partial charge >= 0.3 is 15.5 Å². The van der Waals surface area contributed by atoms with Crippen LogP contribution in [0.1, 0.15) is 10.9 Å². The largest absolute Gasteiger partial charge is 0.343 e. The second-order valence-electron chi connectivity index (χ2n) is 3.22. The van der Waals surface area contributed by atoms with Gasteiger partial charge in [0.1, 0.15) is 6.04 Å². The zero-order chi connectivity index (χ0) is 13.2. The van der Waals surface area contributed by atoms with Crippen molar-refractivity contribution >= 4 is 38.8 Å². The molecular weight excluding hydrogens is 300 g/mol. The lowest BCUT2D eigenvalue weighted by Crippen LogP contribution is -2.28. The fourth-order valence-electron chi connectivity index (χ4n) is 1.31. The molecule has 8 nitrogen and oxygen atoms in total. The fourth-order valence-corrected chi connectivity index (χ4v) is 3.08. The van der Waals surface area contributed by atoms with Gasteiger partial charge in [-0.3, -0.25) is 9.35 Å². The van der Waals surface area contributed by atoms with Crippen LogP contribution in [0.2, 0.25) is 0 Å². The zero-order valence-corrected chi connectivity index (χ0v) is 11.2. The summed E-state index contributed by atoms with van der Waals surface area (Å²) >= 11 is 1.69. The molecule has 1 unspecified atom stereocenters. The number of nitrogens with zero attached hydrogens (tertiary/aromatic N) is 3. The molecule has 1 aromatic rings. The fraction of sp³-hybridized carbons (Fsp3) is 0.286. The van der Waals surface area contributed by atoms with E-state index in [0.717, 1.165) is 9.89 Å². The van der Waals surface area contributed by atoms with Crippen LogP contribution in [-0.4, -0.2) is 29.8 Å². The summed E-state index contributed by atoms with van der Waals surface area (Å²) in [5.74, 6) is 0. The topological polar surface area (TPSA) is 111 Å². The van der Waals surface area contributed by atoms with Crippen molar-refractivity contribution in [2.24, 2.45) is 10.3 Å². The summed E-state index contributed by atoms with van der Waals surface area (Å²) in [6.07, 6.45) is 0. The van der Waals surface area contributed by atoms with Gasteiger partial charge in [0, 0.05) is 16.8 Å². The number of rotatable bonds is 3. The molecule has 2 rings (SSSR count). The molecule has 0 bridgehead atoms. The second kappa shape index (κ2) is 5.32. The molecule has 18 heavy (non-hydrogen) atoms. The molecule has 0 fully saturated rings. The predicted octanol–water partition coefficient (Wildman–Crippen LogP) is 1.63. The SMILES string of the molecule is O=C(SNS(=O)(=O)O)N1N=NCC1c1cccs1. The zero-order valence-electron chi connectivity index (χ0n) is 8.75. The Morgan fingerprint density at radius 1 is 1.67 bits per heavy atom. The molecule has 0 aromatic carbocycles. The number of thiophene rings is 1. The Labute approximate surface area is 111 Å². The molecule has 1 amide bonds. The number of hydrogen-bond acceptors (Lipinski definition) is 7. The highest BCUT2D eigenvalue weighted by atomic mass is 32.3. The van der Waals surface area contributed by atoms with Crippen molar-refractivity contribution in [2.45, 2.75) is 6.04 Å². The normalized spacial score (nSPS) is 19.4. The van der Waals surface area contributed by atoms with E-state index in [1.807, 2.05) is 17.5 Å². The third-order valence-corrected chi connectivity index (χ3v) is 4.51. The van der Waals surface area contributed by atoms with Crippen LogP contribution >= 0.6 is 23.3 Å². The van der Waals surface area contributed by atoms with Gasteiger partial charge in [-0.1, -0.05) is 11.3 Å². The minimum absolute atomic E-state index is 0.232. The molecule has 98 valence electrons. The van der Waals surface area contributed by atoms with Gasteiger partial charge < -0.3 is 0 Å². The quantitative estimate of drug-likeness (QED) is 0.651. The molecule has 1 aliphatic rings. The van der Waals surface area contributed by atoms with Crippen LogP contribution in [0, 0.1) is 0 Å². The van der Waals surface area contributed by atoms with E-state index < -0.39 is 15.5 Å². The molecule has 2 heterocycles. The molecule has 0 aliphatic carbocycles. The lowest BCUT2D eigenvalue weighted by molar-refractivity contribution is 0.214. The Balaban J connectivity index is 2.03. The maximum atomic E-state index is 11.7. The number of amides is 1. The number of carbonyl (C=O) groups is 1. The van der Waals surface area contributed by atoms with Gasteiger partial charge in [0.15, 0.2) is 0 Å². The van der Waals surface area contributed by atoms with Crippen LogP contribution in [0.15, 0.2) is 27.9 Å². The molecule has 0 spiro atoms. The van der Waals surface area contributed by atoms with Crippen molar-refractivity contribution in [1.29, 1.82) is 0 Å². The minimum atomic E-state index is -4.42. The second-order valence-corrected chi connectivity index (χ2v) is 6.37. The van der Waals surface area contributed by atoms with Gasteiger partial charge in [0.05, 0.1) is 6.54 Å². The standard InChI is InChI=1S/C7H8N4O4S3/c12-7(17-10-18(13,14)15)11-5(4-8-9-11)6-2-1-3-16-6/h1-3,5,10H,4H2,(H,13,14,15). The first-order chi connectivity index (χ1) is 8.47. The van der Waals surface area contributed by atoms with E-state index in [-0.39, 0.29) is 18.0 Å². The minimum Gasteiger partial charge on any atom is -0.273 e. The number of nitrogens with one attached hydrogen (secondary N) is 1. The van der Waals surface area contributed by atoms with E-state index in [0.29, 0.717) is 6.54 Å². The van der Waals surface area contributed by atoms with Gasteiger partial charge in [-0.15, -0.1) is 15.5 Å². The summed E-state index contributed by atoms with van der Waals surface area (Å²) in [5.41, 5.74) is 0. The molecule has 1 atom stereocenters. The van der Waals surface area contributed by atoms with Crippen molar-refractivity contribution in [3.63, 3.8) is 0 Å². The maximum Gasteiger partial charge on any atom is 0.343 e. The average Bonchev–Trinajstić information content (AvgIpc) is 2.94. The Morgan fingerprint density at radius 2 is 2.44 bits per heavy atom. The van der Waals surface area contributed by atoms with E-state index in [1.54, 1.807) is 4.13 Å².